The molecule has 0 saturated heterocycles. The van der Waals surface area contributed by atoms with Gasteiger partial charge in [0, 0.05) is 23.6 Å². The zero-order valence-corrected chi connectivity index (χ0v) is 10.8. The standard InChI is InChI=1S/C11H11FN4O2S/c1-7-9(12)5-8(6-10(7)13)19(17,18)16-11-14-3-2-4-15-11/h2-6H,13H2,1H3,(H,14,15,16). The van der Waals surface area contributed by atoms with E-state index in [1.54, 1.807) is 6.07 Å². The van der Waals surface area contributed by atoms with Gasteiger partial charge < -0.3 is 5.73 Å². The number of nitrogens with zero attached hydrogens (tertiary/aromatic N) is 2. The van der Waals surface area contributed by atoms with Gasteiger partial charge in [0.05, 0.1) is 4.90 Å². The van der Waals surface area contributed by atoms with Crippen molar-refractivity contribution in [2.45, 2.75) is 11.8 Å². The van der Waals surface area contributed by atoms with Crippen LogP contribution in [-0.2, 0) is 10.0 Å². The van der Waals surface area contributed by atoms with Crippen LogP contribution < -0.4 is 10.5 Å². The molecule has 8 heteroatoms. The van der Waals surface area contributed by atoms with Gasteiger partial charge in [-0.05, 0) is 25.1 Å². The molecule has 0 aliphatic heterocycles. The van der Waals surface area contributed by atoms with Crippen molar-refractivity contribution in [3.63, 3.8) is 0 Å². The van der Waals surface area contributed by atoms with Gasteiger partial charge in [-0.25, -0.2) is 27.5 Å². The van der Waals surface area contributed by atoms with E-state index < -0.39 is 15.8 Å². The molecule has 1 heterocycles. The third-order valence-electron chi connectivity index (χ3n) is 2.46. The zero-order valence-electron chi connectivity index (χ0n) is 9.96. The van der Waals surface area contributed by atoms with Crippen LogP contribution in [0, 0.1) is 12.7 Å². The fourth-order valence-corrected chi connectivity index (χ4v) is 2.36. The average molecular weight is 282 g/mol. The quantitative estimate of drug-likeness (QED) is 0.827. The van der Waals surface area contributed by atoms with Crippen molar-refractivity contribution in [1.82, 2.24) is 9.97 Å². The number of nitrogens with two attached hydrogens (primary N) is 1. The van der Waals surface area contributed by atoms with Gasteiger partial charge in [0.15, 0.2) is 0 Å². The number of anilines is 2. The molecule has 0 bridgehead atoms. The molecule has 0 amide bonds. The zero-order chi connectivity index (χ0) is 14.0. The normalized spacial score (nSPS) is 11.3. The number of halogens is 1. The lowest BCUT2D eigenvalue weighted by Crippen LogP contribution is -2.15. The molecule has 19 heavy (non-hydrogen) atoms. The summed E-state index contributed by atoms with van der Waals surface area (Å²) in [6, 6.07) is 3.63. The predicted octanol–water partition coefficient (Wildman–Crippen LogP) is 1.31. The second-order valence-electron chi connectivity index (χ2n) is 3.80. The average Bonchev–Trinajstić information content (AvgIpc) is 2.36. The Kier molecular flexibility index (Phi) is 3.34. The Labute approximate surface area is 109 Å². The minimum atomic E-state index is -3.97. The van der Waals surface area contributed by atoms with Crippen molar-refractivity contribution in [3.05, 3.63) is 42.0 Å². The fraction of sp³-hybridized carbons (Fsp3) is 0.0909. The van der Waals surface area contributed by atoms with Crippen LogP contribution >= 0.6 is 0 Å². The first kappa shape index (κ1) is 13.2. The highest BCUT2D eigenvalue weighted by Gasteiger charge is 2.18. The third-order valence-corrected chi connectivity index (χ3v) is 3.77. The minimum absolute atomic E-state index is 0.0642. The Morgan fingerprint density at radius 3 is 2.47 bits per heavy atom. The second-order valence-corrected chi connectivity index (χ2v) is 5.48. The molecule has 1 aromatic carbocycles. The van der Waals surface area contributed by atoms with E-state index in [1.165, 1.54) is 25.4 Å². The van der Waals surface area contributed by atoms with Gasteiger partial charge in [0.25, 0.3) is 10.0 Å². The Hall–Kier alpha value is -2.22. The maximum absolute atomic E-state index is 13.5. The first-order valence-corrected chi connectivity index (χ1v) is 6.74. The summed E-state index contributed by atoms with van der Waals surface area (Å²) in [5.74, 6) is -0.781. The lowest BCUT2D eigenvalue weighted by atomic mass is 10.2. The number of aromatic nitrogens is 2. The first-order chi connectivity index (χ1) is 8.90. The molecule has 1 aromatic heterocycles. The Bertz CT molecular complexity index is 681. The van der Waals surface area contributed by atoms with Crippen LogP contribution in [0.4, 0.5) is 16.0 Å². The number of hydrogen-bond acceptors (Lipinski definition) is 5. The van der Waals surface area contributed by atoms with Gasteiger partial charge in [-0.15, -0.1) is 0 Å². The van der Waals surface area contributed by atoms with Gasteiger partial charge in [0.1, 0.15) is 5.82 Å². The minimum Gasteiger partial charge on any atom is -0.398 e. The van der Waals surface area contributed by atoms with Crippen molar-refractivity contribution >= 4 is 21.7 Å². The number of nitrogens with one attached hydrogen (secondary N) is 1. The van der Waals surface area contributed by atoms with Crippen molar-refractivity contribution < 1.29 is 12.8 Å². The number of sulfonamides is 1. The number of rotatable bonds is 3. The van der Waals surface area contributed by atoms with E-state index in [9.17, 15) is 12.8 Å². The monoisotopic (exact) mass is 282 g/mol. The van der Waals surface area contributed by atoms with Gasteiger partial charge >= 0.3 is 0 Å². The largest absolute Gasteiger partial charge is 0.398 e. The smallest absolute Gasteiger partial charge is 0.264 e. The molecule has 6 nitrogen and oxygen atoms in total. The SMILES string of the molecule is Cc1c(N)cc(S(=O)(=O)Nc2ncccn2)cc1F. The molecule has 2 rings (SSSR count). The summed E-state index contributed by atoms with van der Waals surface area (Å²) in [7, 11) is -3.97. The molecule has 0 aliphatic carbocycles. The summed E-state index contributed by atoms with van der Waals surface area (Å²) in [6.07, 6.45) is 2.77. The maximum atomic E-state index is 13.5. The van der Waals surface area contributed by atoms with Gasteiger partial charge in [-0.3, -0.25) is 0 Å². The number of benzene rings is 1. The number of hydrogen-bond donors (Lipinski definition) is 2. The molecule has 100 valence electrons. The van der Waals surface area contributed by atoms with Crippen LogP contribution in [-0.4, -0.2) is 18.4 Å². The Morgan fingerprint density at radius 2 is 1.89 bits per heavy atom. The van der Waals surface area contributed by atoms with E-state index in [-0.39, 0.29) is 22.1 Å². The van der Waals surface area contributed by atoms with E-state index in [4.69, 9.17) is 5.73 Å². The third kappa shape index (κ3) is 2.79. The fourth-order valence-electron chi connectivity index (χ4n) is 1.36. The summed E-state index contributed by atoms with van der Waals surface area (Å²) < 4.78 is 39.6. The van der Waals surface area contributed by atoms with Crippen LogP contribution in [0.5, 0.6) is 0 Å². The molecular weight excluding hydrogens is 271 g/mol. The lowest BCUT2D eigenvalue weighted by Gasteiger charge is -2.09. The highest BCUT2D eigenvalue weighted by molar-refractivity contribution is 7.92. The highest BCUT2D eigenvalue weighted by atomic mass is 32.2. The summed E-state index contributed by atoms with van der Waals surface area (Å²) >= 11 is 0. The van der Waals surface area contributed by atoms with Crippen molar-refractivity contribution in [1.29, 1.82) is 0 Å². The van der Waals surface area contributed by atoms with Crippen LogP contribution in [0.1, 0.15) is 5.56 Å². The van der Waals surface area contributed by atoms with Crippen LogP contribution in [0.2, 0.25) is 0 Å². The van der Waals surface area contributed by atoms with Crippen LogP contribution in [0.25, 0.3) is 0 Å². The molecule has 0 aliphatic rings. The predicted molar refractivity (Wildman–Crippen MR) is 68.4 cm³/mol. The summed E-state index contributed by atoms with van der Waals surface area (Å²) in [5, 5.41) is 0. The Balaban J connectivity index is 2.40. The topological polar surface area (TPSA) is 98.0 Å². The Morgan fingerprint density at radius 1 is 1.26 bits per heavy atom. The van der Waals surface area contributed by atoms with Crippen LogP contribution in [0.15, 0.2) is 35.5 Å². The van der Waals surface area contributed by atoms with Crippen molar-refractivity contribution in [3.8, 4) is 0 Å². The van der Waals surface area contributed by atoms with Crippen molar-refractivity contribution in [2.24, 2.45) is 0 Å². The molecule has 3 N–H and O–H groups in total. The molecule has 2 aromatic rings. The summed E-state index contributed by atoms with van der Waals surface area (Å²) in [6.45, 7) is 1.47. The summed E-state index contributed by atoms with van der Waals surface area (Å²) in [4.78, 5) is 7.17. The van der Waals surface area contributed by atoms with Crippen molar-refractivity contribution in [2.75, 3.05) is 10.5 Å². The van der Waals surface area contributed by atoms with Gasteiger partial charge in [-0.2, -0.15) is 0 Å². The van der Waals surface area contributed by atoms with Gasteiger partial charge in [0.2, 0.25) is 5.95 Å². The van der Waals surface area contributed by atoms with E-state index in [0.717, 1.165) is 6.07 Å². The van der Waals surface area contributed by atoms with E-state index in [0.29, 0.717) is 0 Å². The second kappa shape index (κ2) is 4.81. The number of nitrogen functional groups attached to an aromatic ring is 1. The van der Waals surface area contributed by atoms with Crippen LogP contribution in [0.3, 0.4) is 0 Å². The first-order valence-electron chi connectivity index (χ1n) is 5.25. The molecule has 0 spiro atoms. The maximum Gasteiger partial charge on any atom is 0.264 e. The lowest BCUT2D eigenvalue weighted by molar-refractivity contribution is 0.593. The molecule has 0 radical (unpaired) electrons. The molecule has 0 fully saturated rings. The molecular formula is C11H11FN4O2S. The molecule has 0 unspecified atom stereocenters. The van der Waals surface area contributed by atoms with E-state index in [2.05, 4.69) is 14.7 Å². The molecule has 0 saturated carbocycles. The van der Waals surface area contributed by atoms with E-state index in [1.807, 2.05) is 0 Å². The van der Waals surface area contributed by atoms with Gasteiger partial charge in [-0.1, -0.05) is 0 Å². The van der Waals surface area contributed by atoms with E-state index >= 15 is 0 Å². The highest BCUT2D eigenvalue weighted by Crippen LogP contribution is 2.22. The summed E-state index contributed by atoms with van der Waals surface area (Å²) in [5.41, 5.74) is 5.82. The molecule has 0 atom stereocenters.